The molecule has 1 aromatic heterocycles. The average Bonchev–Trinajstić information content (AvgIpc) is 2.42. The summed E-state index contributed by atoms with van der Waals surface area (Å²) >= 11 is 3.37. The molecule has 0 spiro atoms. The van der Waals surface area contributed by atoms with E-state index >= 15 is 0 Å². The van der Waals surface area contributed by atoms with Crippen LogP contribution in [0.25, 0.3) is 10.9 Å². The summed E-state index contributed by atoms with van der Waals surface area (Å²) < 4.78 is 6.71. The molecule has 1 heterocycles. The molecule has 0 unspecified atom stereocenters. The third-order valence-electron chi connectivity index (χ3n) is 2.78. The number of fused-ring (bicyclic) bond motifs is 1. The van der Waals surface area contributed by atoms with E-state index in [9.17, 15) is 0 Å². The maximum absolute atomic E-state index is 5.91. The number of aromatic nitrogens is 1. The van der Waals surface area contributed by atoms with Gasteiger partial charge in [0.2, 0.25) is 0 Å². The molecule has 2 N–H and O–H groups in total. The zero-order valence-electron chi connectivity index (χ0n) is 10.0. The van der Waals surface area contributed by atoms with Crippen LogP contribution in [0.2, 0.25) is 0 Å². The molecule has 19 heavy (non-hydrogen) atoms. The molecule has 0 aliphatic rings. The van der Waals surface area contributed by atoms with Crippen molar-refractivity contribution in [3.63, 3.8) is 0 Å². The number of halogens is 1. The monoisotopic (exact) mass is 314 g/mol. The quantitative estimate of drug-likeness (QED) is 0.714. The number of benzene rings is 2. The number of ether oxygens (including phenoxy) is 1. The summed E-state index contributed by atoms with van der Waals surface area (Å²) in [4.78, 5) is 4.30. The molecule has 0 fully saturated rings. The third-order valence-corrected chi connectivity index (χ3v) is 3.27. The normalized spacial score (nSPS) is 10.6. The van der Waals surface area contributed by atoms with Crippen molar-refractivity contribution in [1.82, 2.24) is 4.98 Å². The molecule has 0 saturated carbocycles. The van der Waals surface area contributed by atoms with E-state index in [1.165, 1.54) is 0 Å². The summed E-state index contributed by atoms with van der Waals surface area (Å²) in [6.45, 7) is 0. The van der Waals surface area contributed by atoms with Crippen molar-refractivity contribution < 1.29 is 4.74 Å². The first-order valence-electron chi connectivity index (χ1n) is 5.80. The second-order valence-corrected chi connectivity index (χ2v) is 5.06. The lowest BCUT2D eigenvalue weighted by atomic mass is 10.2. The van der Waals surface area contributed by atoms with Crippen LogP contribution in [-0.2, 0) is 0 Å². The molecule has 3 aromatic rings. The standard InChI is InChI=1S/C15H11BrN2O/c16-11-4-6-15(13(17)8-11)19-12-5-3-10-2-1-7-18-14(10)9-12/h1-9H,17H2. The molecule has 0 radical (unpaired) electrons. The molecule has 0 aliphatic carbocycles. The molecule has 0 atom stereocenters. The summed E-state index contributed by atoms with van der Waals surface area (Å²) in [5, 5.41) is 1.08. The van der Waals surface area contributed by atoms with Crippen LogP contribution in [-0.4, -0.2) is 4.98 Å². The van der Waals surface area contributed by atoms with Gasteiger partial charge in [0, 0.05) is 22.1 Å². The van der Waals surface area contributed by atoms with Crippen molar-refractivity contribution in [3.8, 4) is 11.5 Å². The lowest BCUT2D eigenvalue weighted by Gasteiger charge is -2.09. The minimum absolute atomic E-state index is 0.593. The molecule has 3 nitrogen and oxygen atoms in total. The third kappa shape index (κ3) is 2.53. The number of pyridine rings is 1. The van der Waals surface area contributed by atoms with E-state index in [4.69, 9.17) is 10.5 Å². The van der Waals surface area contributed by atoms with Gasteiger partial charge in [-0.3, -0.25) is 4.98 Å². The Hall–Kier alpha value is -2.07. The van der Waals surface area contributed by atoms with E-state index < -0.39 is 0 Å². The Kier molecular flexibility index (Phi) is 3.09. The highest BCUT2D eigenvalue weighted by Gasteiger charge is 2.04. The minimum Gasteiger partial charge on any atom is -0.455 e. The Labute approximate surface area is 119 Å². The van der Waals surface area contributed by atoms with Crippen LogP contribution in [0.5, 0.6) is 11.5 Å². The molecule has 0 saturated heterocycles. The second-order valence-electron chi connectivity index (χ2n) is 4.14. The fourth-order valence-corrected chi connectivity index (χ4v) is 2.23. The predicted molar refractivity (Wildman–Crippen MR) is 80.4 cm³/mol. The van der Waals surface area contributed by atoms with E-state index in [1.807, 2.05) is 48.5 Å². The topological polar surface area (TPSA) is 48.1 Å². The Bertz CT molecular complexity index is 743. The van der Waals surface area contributed by atoms with Crippen LogP contribution in [0.15, 0.2) is 59.2 Å². The van der Waals surface area contributed by atoms with Crippen molar-refractivity contribution in [2.45, 2.75) is 0 Å². The molecule has 94 valence electrons. The van der Waals surface area contributed by atoms with Gasteiger partial charge in [-0.2, -0.15) is 0 Å². The largest absolute Gasteiger partial charge is 0.455 e. The van der Waals surface area contributed by atoms with E-state index in [2.05, 4.69) is 20.9 Å². The van der Waals surface area contributed by atoms with Crippen molar-refractivity contribution in [3.05, 3.63) is 59.2 Å². The fourth-order valence-electron chi connectivity index (χ4n) is 1.85. The van der Waals surface area contributed by atoms with Crippen molar-refractivity contribution in [2.24, 2.45) is 0 Å². The highest BCUT2D eigenvalue weighted by molar-refractivity contribution is 9.10. The number of nitrogens with two attached hydrogens (primary N) is 1. The van der Waals surface area contributed by atoms with Crippen molar-refractivity contribution in [2.75, 3.05) is 5.73 Å². The van der Waals surface area contributed by atoms with Crippen LogP contribution in [0, 0.1) is 0 Å². The second kappa shape index (κ2) is 4.90. The minimum atomic E-state index is 0.593. The van der Waals surface area contributed by atoms with Crippen LogP contribution in [0.3, 0.4) is 0 Å². The number of rotatable bonds is 2. The van der Waals surface area contributed by atoms with Gasteiger partial charge in [0.15, 0.2) is 0 Å². The van der Waals surface area contributed by atoms with Crippen molar-refractivity contribution >= 4 is 32.5 Å². The Balaban J connectivity index is 1.96. The first kappa shape index (κ1) is 12.0. The molecule has 4 heteroatoms. The molecule has 2 aromatic carbocycles. The van der Waals surface area contributed by atoms with Gasteiger partial charge in [0.25, 0.3) is 0 Å². The van der Waals surface area contributed by atoms with Crippen LogP contribution in [0.4, 0.5) is 5.69 Å². The van der Waals surface area contributed by atoms with E-state index in [1.54, 1.807) is 6.20 Å². The van der Waals surface area contributed by atoms with Gasteiger partial charge < -0.3 is 10.5 Å². The molecular weight excluding hydrogens is 304 g/mol. The highest BCUT2D eigenvalue weighted by atomic mass is 79.9. The van der Waals surface area contributed by atoms with Crippen molar-refractivity contribution in [1.29, 1.82) is 0 Å². The van der Waals surface area contributed by atoms with E-state index in [-0.39, 0.29) is 0 Å². The summed E-state index contributed by atoms with van der Waals surface area (Å²) in [6.07, 6.45) is 1.76. The van der Waals surface area contributed by atoms with Gasteiger partial charge in [-0.15, -0.1) is 0 Å². The zero-order valence-corrected chi connectivity index (χ0v) is 11.6. The molecule has 0 aliphatic heterocycles. The molecule has 0 amide bonds. The summed E-state index contributed by atoms with van der Waals surface area (Å²) in [7, 11) is 0. The summed E-state index contributed by atoms with van der Waals surface area (Å²) in [5.74, 6) is 1.36. The van der Waals surface area contributed by atoms with Gasteiger partial charge >= 0.3 is 0 Å². The van der Waals surface area contributed by atoms with Gasteiger partial charge in [0.05, 0.1) is 11.2 Å². The number of nitrogens with zero attached hydrogens (tertiary/aromatic N) is 1. The first-order chi connectivity index (χ1) is 9.22. The van der Waals surface area contributed by atoms with Gasteiger partial charge in [-0.25, -0.2) is 0 Å². The number of hydrogen-bond donors (Lipinski definition) is 1. The van der Waals surface area contributed by atoms with Crippen LogP contribution < -0.4 is 10.5 Å². The van der Waals surface area contributed by atoms with Gasteiger partial charge in [-0.1, -0.05) is 22.0 Å². The molecular formula is C15H11BrN2O. The maximum Gasteiger partial charge on any atom is 0.150 e. The zero-order chi connectivity index (χ0) is 13.2. The lowest BCUT2D eigenvalue weighted by molar-refractivity contribution is 0.485. The highest BCUT2D eigenvalue weighted by Crippen LogP contribution is 2.30. The Morgan fingerprint density at radius 1 is 1.05 bits per heavy atom. The molecule has 3 rings (SSSR count). The average molecular weight is 315 g/mol. The predicted octanol–water partition coefficient (Wildman–Crippen LogP) is 4.37. The number of anilines is 1. The molecule has 0 bridgehead atoms. The fraction of sp³-hybridized carbons (Fsp3) is 0. The Morgan fingerprint density at radius 2 is 1.95 bits per heavy atom. The SMILES string of the molecule is Nc1cc(Br)ccc1Oc1ccc2cccnc2c1. The number of hydrogen-bond acceptors (Lipinski definition) is 3. The van der Waals surface area contributed by atoms with Gasteiger partial charge in [-0.05, 0) is 36.4 Å². The maximum atomic E-state index is 5.91. The first-order valence-corrected chi connectivity index (χ1v) is 6.59. The van der Waals surface area contributed by atoms with E-state index in [0.29, 0.717) is 11.4 Å². The summed E-state index contributed by atoms with van der Waals surface area (Å²) in [5.41, 5.74) is 7.40. The van der Waals surface area contributed by atoms with Crippen LogP contribution in [0.1, 0.15) is 0 Å². The lowest BCUT2D eigenvalue weighted by Crippen LogP contribution is -1.92. The summed E-state index contributed by atoms with van der Waals surface area (Å²) in [6, 6.07) is 15.3. The van der Waals surface area contributed by atoms with Crippen LogP contribution >= 0.6 is 15.9 Å². The van der Waals surface area contributed by atoms with E-state index in [0.717, 1.165) is 21.1 Å². The smallest absolute Gasteiger partial charge is 0.150 e. The Morgan fingerprint density at radius 3 is 2.79 bits per heavy atom. The number of nitrogen functional groups attached to an aromatic ring is 1. The van der Waals surface area contributed by atoms with Gasteiger partial charge in [0.1, 0.15) is 11.5 Å².